The first-order valence-corrected chi connectivity index (χ1v) is 8.86. The number of aliphatic imine (C=N–C) groups is 1. The third-order valence-electron chi connectivity index (χ3n) is 4.18. The second-order valence-electron chi connectivity index (χ2n) is 5.78. The third kappa shape index (κ3) is 3.00. The predicted octanol–water partition coefficient (Wildman–Crippen LogP) is 4.07. The first-order valence-electron chi connectivity index (χ1n) is 7.67. The zero-order valence-electron chi connectivity index (χ0n) is 14.3. The molecule has 1 aromatic carbocycles. The van der Waals surface area contributed by atoms with Crippen molar-refractivity contribution in [3.63, 3.8) is 0 Å². The number of halogens is 1. The molecule has 5 nitrogen and oxygen atoms in total. The molecule has 3 rings (SSSR count). The summed E-state index contributed by atoms with van der Waals surface area (Å²) in [6.45, 7) is 5.18. The highest BCUT2D eigenvalue weighted by Crippen LogP contribution is 2.47. The SMILES string of the molecule is COC(=O)C1=C(C)N=C2SC(C(C)=O)=C(C)N2[C@H]1c1ccc(Cl)cc1. The van der Waals surface area contributed by atoms with E-state index in [0.29, 0.717) is 26.4 Å². The number of carbonyl (C=O) groups excluding carboxylic acids is 2. The van der Waals surface area contributed by atoms with E-state index >= 15 is 0 Å². The maximum Gasteiger partial charge on any atom is 0.338 e. The van der Waals surface area contributed by atoms with Crippen LogP contribution in [0.1, 0.15) is 32.4 Å². The van der Waals surface area contributed by atoms with Crippen molar-refractivity contribution >= 4 is 40.3 Å². The number of carbonyl (C=O) groups is 2. The van der Waals surface area contributed by atoms with Crippen molar-refractivity contribution in [3.05, 3.63) is 56.7 Å². The van der Waals surface area contributed by atoms with Crippen LogP contribution in [0.5, 0.6) is 0 Å². The lowest BCUT2D eigenvalue weighted by atomic mass is 9.94. The van der Waals surface area contributed by atoms with Gasteiger partial charge in [-0.3, -0.25) is 4.79 Å². The van der Waals surface area contributed by atoms with Crippen molar-refractivity contribution in [1.82, 2.24) is 4.90 Å². The van der Waals surface area contributed by atoms with Gasteiger partial charge in [0.1, 0.15) is 0 Å². The number of ketones is 1. The molecule has 2 aliphatic heterocycles. The molecule has 0 saturated carbocycles. The fourth-order valence-corrected chi connectivity index (χ4v) is 4.26. The molecule has 0 radical (unpaired) electrons. The lowest BCUT2D eigenvalue weighted by molar-refractivity contribution is -0.136. The van der Waals surface area contributed by atoms with E-state index in [1.165, 1.54) is 25.8 Å². The summed E-state index contributed by atoms with van der Waals surface area (Å²) in [7, 11) is 1.35. The molecular weight excluding hydrogens is 360 g/mol. The molecule has 1 atom stereocenters. The van der Waals surface area contributed by atoms with E-state index in [0.717, 1.165) is 11.3 Å². The molecule has 0 unspecified atom stereocenters. The molecule has 2 heterocycles. The Kier molecular flexibility index (Phi) is 4.75. The Labute approximate surface area is 155 Å². The first kappa shape index (κ1) is 17.8. The van der Waals surface area contributed by atoms with Crippen molar-refractivity contribution in [3.8, 4) is 0 Å². The minimum absolute atomic E-state index is 0.0215. The number of Topliss-reactive ketones (excluding diaryl/α,β-unsaturated/α-hetero) is 1. The molecule has 0 aliphatic carbocycles. The van der Waals surface area contributed by atoms with Gasteiger partial charge in [-0.05, 0) is 50.2 Å². The molecule has 0 spiro atoms. The van der Waals surface area contributed by atoms with Crippen LogP contribution >= 0.6 is 23.4 Å². The summed E-state index contributed by atoms with van der Waals surface area (Å²) in [5.41, 5.74) is 2.70. The standard InChI is InChI=1S/C18H17ClN2O3S/c1-9-14(17(23)24-4)15(12-5-7-13(19)8-6-12)21-10(2)16(11(3)22)25-18(21)20-9/h5-8,15H,1-4H3/t15-/m0/s1. The number of hydrogen-bond acceptors (Lipinski definition) is 6. The maximum absolute atomic E-state index is 12.4. The number of nitrogens with zero attached hydrogens (tertiary/aromatic N) is 2. The summed E-state index contributed by atoms with van der Waals surface area (Å²) in [5, 5.41) is 1.30. The van der Waals surface area contributed by atoms with Gasteiger partial charge in [-0.25, -0.2) is 9.79 Å². The molecule has 25 heavy (non-hydrogen) atoms. The normalized spacial score (nSPS) is 19.8. The van der Waals surface area contributed by atoms with Crippen LogP contribution < -0.4 is 0 Å². The Bertz CT molecular complexity index is 856. The highest BCUT2D eigenvalue weighted by molar-refractivity contribution is 8.18. The maximum atomic E-state index is 12.4. The van der Waals surface area contributed by atoms with Crippen LogP contribution in [0.3, 0.4) is 0 Å². The number of amidine groups is 1. The van der Waals surface area contributed by atoms with Gasteiger partial charge in [-0.1, -0.05) is 23.7 Å². The van der Waals surface area contributed by atoms with Crippen molar-refractivity contribution in [2.45, 2.75) is 26.8 Å². The van der Waals surface area contributed by atoms with Gasteiger partial charge in [0.2, 0.25) is 0 Å². The van der Waals surface area contributed by atoms with E-state index < -0.39 is 12.0 Å². The molecule has 0 aromatic heterocycles. The number of fused-ring (bicyclic) bond motifs is 1. The molecule has 2 aliphatic rings. The number of esters is 1. The van der Waals surface area contributed by atoms with Gasteiger partial charge < -0.3 is 9.64 Å². The van der Waals surface area contributed by atoms with E-state index in [2.05, 4.69) is 4.99 Å². The molecule has 0 amide bonds. The highest BCUT2D eigenvalue weighted by Gasteiger charge is 2.42. The fourth-order valence-electron chi connectivity index (χ4n) is 3.04. The van der Waals surface area contributed by atoms with E-state index in [-0.39, 0.29) is 5.78 Å². The molecule has 0 saturated heterocycles. The van der Waals surface area contributed by atoms with Gasteiger partial charge in [0.25, 0.3) is 0 Å². The van der Waals surface area contributed by atoms with Gasteiger partial charge in [-0.15, -0.1) is 0 Å². The zero-order valence-corrected chi connectivity index (χ0v) is 15.9. The number of hydrogen-bond donors (Lipinski definition) is 0. The van der Waals surface area contributed by atoms with Crippen LogP contribution in [-0.4, -0.2) is 28.9 Å². The minimum atomic E-state index is -0.436. The Morgan fingerprint density at radius 3 is 2.44 bits per heavy atom. The molecule has 0 N–H and O–H groups in total. The zero-order chi connectivity index (χ0) is 18.3. The minimum Gasteiger partial charge on any atom is -0.466 e. The van der Waals surface area contributed by atoms with Crippen LogP contribution in [0, 0.1) is 0 Å². The average Bonchev–Trinajstić information content (AvgIpc) is 2.90. The second-order valence-corrected chi connectivity index (χ2v) is 7.20. The topological polar surface area (TPSA) is 59.0 Å². The number of ether oxygens (including phenoxy) is 1. The Morgan fingerprint density at radius 2 is 1.88 bits per heavy atom. The third-order valence-corrected chi connectivity index (χ3v) is 5.69. The van der Waals surface area contributed by atoms with Crippen molar-refractivity contribution in [1.29, 1.82) is 0 Å². The molecule has 1 aromatic rings. The van der Waals surface area contributed by atoms with Crippen molar-refractivity contribution in [2.24, 2.45) is 4.99 Å². The Hall–Kier alpha value is -2.05. The first-order chi connectivity index (χ1) is 11.8. The van der Waals surface area contributed by atoms with Gasteiger partial charge in [0, 0.05) is 10.7 Å². The van der Waals surface area contributed by atoms with Crippen LogP contribution in [0.15, 0.2) is 51.1 Å². The average molecular weight is 377 g/mol. The van der Waals surface area contributed by atoms with E-state index in [9.17, 15) is 9.59 Å². The summed E-state index contributed by atoms with van der Waals surface area (Å²) in [5.74, 6) is -0.457. The number of rotatable bonds is 3. The number of benzene rings is 1. The summed E-state index contributed by atoms with van der Waals surface area (Å²) >= 11 is 7.34. The van der Waals surface area contributed by atoms with E-state index in [4.69, 9.17) is 16.3 Å². The molecular formula is C18H17ClN2O3S. The summed E-state index contributed by atoms with van der Waals surface area (Å²) in [4.78, 5) is 31.5. The Balaban J connectivity index is 2.20. The van der Waals surface area contributed by atoms with Crippen LogP contribution in [0.2, 0.25) is 5.02 Å². The van der Waals surface area contributed by atoms with Crippen molar-refractivity contribution < 1.29 is 14.3 Å². The predicted molar refractivity (Wildman–Crippen MR) is 99.2 cm³/mol. The van der Waals surface area contributed by atoms with Gasteiger partial charge in [0.15, 0.2) is 11.0 Å². The lowest BCUT2D eigenvalue weighted by Crippen LogP contribution is -2.35. The van der Waals surface area contributed by atoms with E-state index in [1.807, 2.05) is 24.0 Å². The van der Waals surface area contributed by atoms with Gasteiger partial charge >= 0.3 is 5.97 Å². The molecule has 130 valence electrons. The number of allylic oxidation sites excluding steroid dienone is 3. The quantitative estimate of drug-likeness (QED) is 0.744. The lowest BCUT2D eigenvalue weighted by Gasteiger charge is -2.35. The molecule has 0 fully saturated rings. The summed E-state index contributed by atoms with van der Waals surface area (Å²) in [6, 6.07) is 6.88. The highest BCUT2D eigenvalue weighted by atomic mass is 35.5. The van der Waals surface area contributed by atoms with Gasteiger partial charge in [-0.2, -0.15) is 0 Å². The number of methoxy groups -OCH3 is 1. The van der Waals surface area contributed by atoms with E-state index in [1.54, 1.807) is 19.1 Å². The summed E-state index contributed by atoms with van der Waals surface area (Å²) < 4.78 is 4.98. The number of thioether (sulfide) groups is 1. The van der Waals surface area contributed by atoms with Crippen LogP contribution in [-0.2, 0) is 14.3 Å². The smallest absolute Gasteiger partial charge is 0.338 e. The Morgan fingerprint density at radius 1 is 1.24 bits per heavy atom. The summed E-state index contributed by atoms with van der Waals surface area (Å²) in [6.07, 6.45) is 0. The second kappa shape index (κ2) is 6.69. The van der Waals surface area contributed by atoms with Crippen LogP contribution in [0.25, 0.3) is 0 Å². The largest absolute Gasteiger partial charge is 0.466 e. The molecule has 7 heteroatoms. The van der Waals surface area contributed by atoms with Crippen molar-refractivity contribution in [2.75, 3.05) is 7.11 Å². The van der Waals surface area contributed by atoms with Gasteiger partial charge in [0.05, 0.1) is 29.3 Å². The molecule has 0 bridgehead atoms. The monoisotopic (exact) mass is 376 g/mol. The van der Waals surface area contributed by atoms with Crippen LogP contribution in [0.4, 0.5) is 0 Å². The fraction of sp³-hybridized carbons (Fsp3) is 0.278.